The lowest BCUT2D eigenvalue weighted by Gasteiger charge is -1.99. The van der Waals surface area contributed by atoms with Gasteiger partial charge < -0.3 is 4.42 Å². The molecule has 2 aromatic heterocycles. The van der Waals surface area contributed by atoms with E-state index < -0.39 is 0 Å². The van der Waals surface area contributed by atoms with Crippen molar-refractivity contribution in [3.63, 3.8) is 0 Å². The number of para-hydroxylation sites is 1. The summed E-state index contributed by atoms with van der Waals surface area (Å²) < 4.78 is 5.65. The van der Waals surface area contributed by atoms with Crippen molar-refractivity contribution in [1.82, 2.24) is 10.2 Å². The van der Waals surface area contributed by atoms with Gasteiger partial charge in [-0.15, -0.1) is 10.2 Å². The summed E-state index contributed by atoms with van der Waals surface area (Å²) in [5.74, 6) is 0.539. The number of benzene rings is 1. The summed E-state index contributed by atoms with van der Waals surface area (Å²) in [6.45, 7) is 6.12. The van der Waals surface area contributed by atoms with Crippen molar-refractivity contribution in [2.45, 2.75) is 27.2 Å². The van der Waals surface area contributed by atoms with Crippen LogP contribution in [0.15, 0.2) is 28.7 Å². The molecule has 2 heterocycles. The quantitative estimate of drug-likeness (QED) is 0.789. The Hall–Kier alpha value is -2.21. The van der Waals surface area contributed by atoms with Crippen LogP contribution in [0.3, 0.4) is 0 Å². The van der Waals surface area contributed by atoms with Gasteiger partial charge in [-0.05, 0) is 18.9 Å². The molecule has 0 unspecified atom stereocenters. The molecular weight excluding hydrogens is 298 g/mol. The fourth-order valence-corrected chi connectivity index (χ4v) is 3.23. The second-order valence-electron chi connectivity index (χ2n) is 5.61. The van der Waals surface area contributed by atoms with Crippen molar-refractivity contribution < 1.29 is 9.21 Å². The number of carbonyl (C=O) groups excluding carboxylic acids is 1. The van der Waals surface area contributed by atoms with Crippen LogP contribution < -0.4 is 5.32 Å². The summed E-state index contributed by atoms with van der Waals surface area (Å²) in [4.78, 5) is 12.4. The number of rotatable bonds is 4. The Kier molecular flexibility index (Phi) is 3.94. The highest BCUT2D eigenvalue weighted by Gasteiger charge is 2.19. The van der Waals surface area contributed by atoms with E-state index in [1.54, 1.807) is 0 Å². The summed E-state index contributed by atoms with van der Waals surface area (Å²) in [6.07, 6.45) is 0.858. The number of nitrogens with one attached hydrogen (secondary N) is 1. The third-order valence-corrected chi connectivity index (χ3v) is 4.18. The van der Waals surface area contributed by atoms with Gasteiger partial charge in [-0.2, -0.15) is 0 Å². The van der Waals surface area contributed by atoms with Crippen LogP contribution in [0.25, 0.3) is 11.0 Å². The predicted octanol–water partition coefficient (Wildman–Crippen LogP) is 4.04. The summed E-state index contributed by atoms with van der Waals surface area (Å²) in [5.41, 5.74) is 1.54. The number of anilines is 1. The maximum absolute atomic E-state index is 12.4. The maximum atomic E-state index is 12.4. The molecule has 0 atom stereocenters. The van der Waals surface area contributed by atoms with Crippen LogP contribution in [0.5, 0.6) is 0 Å². The molecule has 5 nitrogen and oxygen atoms in total. The topological polar surface area (TPSA) is 68.0 Å². The minimum atomic E-state index is -0.291. The van der Waals surface area contributed by atoms with E-state index in [0.717, 1.165) is 22.4 Å². The number of hydrogen-bond donors (Lipinski definition) is 1. The second kappa shape index (κ2) is 5.88. The largest absolute Gasteiger partial charge is 0.451 e. The molecule has 0 aliphatic carbocycles. The first kappa shape index (κ1) is 14.7. The molecule has 3 aromatic rings. The van der Waals surface area contributed by atoms with Crippen LogP contribution in [-0.2, 0) is 6.42 Å². The molecule has 6 heteroatoms. The minimum absolute atomic E-state index is 0.291. The molecule has 0 aliphatic rings. The van der Waals surface area contributed by atoms with Crippen LogP contribution >= 0.6 is 11.3 Å². The predicted molar refractivity (Wildman–Crippen MR) is 87.4 cm³/mol. The first-order valence-corrected chi connectivity index (χ1v) is 7.98. The molecular formula is C16H17N3O2S. The molecule has 3 rings (SSSR count). The fraction of sp³-hybridized carbons (Fsp3) is 0.312. The van der Waals surface area contributed by atoms with E-state index in [1.807, 2.05) is 31.2 Å². The molecule has 0 fully saturated rings. The summed E-state index contributed by atoms with van der Waals surface area (Å²) in [5, 5.41) is 13.2. The molecule has 0 saturated carbocycles. The molecule has 1 amide bonds. The van der Waals surface area contributed by atoms with Gasteiger partial charge in [0.25, 0.3) is 5.91 Å². The second-order valence-corrected chi connectivity index (χ2v) is 6.67. The standard InChI is InChI=1S/C16H17N3O2S/c1-9(2)8-13-18-19-16(22-13)17-15(20)14-10(3)11-6-4-5-7-12(11)21-14/h4-7,9H,8H2,1-3H3,(H,17,19,20). The van der Waals surface area contributed by atoms with Gasteiger partial charge in [-0.1, -0.05) is 43.4 Å². The van der Waals surface area contributed by atoms with Crippen molar-refractivity contribution in [3.05, 3.63) is 40.6 Å². The number of carbonyl (C=O) groups is 1. The van der Waals surface area contributed by atoms with Crippen LogP contribution in [0.1, 0.15) is 35.0 Å². The van der Waals surface area contributed by atoms with Crippen molar-refractivity contribution in [1.29, 1.82) is 0 Å². The number of aryl methyl sites for hydroxylation is 1. The highest BCUT2D eigenvalue weighted by atomic mass is 32.1. The van der Waals surface area contributed by atoms with E-state index in [4.69, 9.17) is 4.42 Å². The lowest BCUT2D eigenvalue weighted by molar-refractivity contribution is 0.0998. The molecule has 0 saturated heterocycles. The van der Waals surface area contributed by atoms with Gasteiger partial charge in [0.1, 0.15) is 10.6 Å². The number of amides is 1. The van der Waals surface area contributed by atoms with Gasteiger partial charge in [0, 0.05) is 17.4 Å². The van der Waals surface area contributed by atoms with Gasteiger partial charge in [0.15, 0.2) is 5.76 Å². The zero-order chi connectivity index (χ0) is 15.7. The first-order valence-electron chi connectivity index (χ1n) is 7.16. The zero-order valence-electron chi connectivity index (χ0n) is 12.7. The van der Waals surface area contributed by atoms with E-state index >= 15 is 0 Å². The summed E-state index contributed by atoms with van der Waals surface area (Å²) in [7, 11) is 0. The molecule has 0 spiro atoms. The van der Waals surface area contributed by atoms with Gasteiger partial charge >= 0.3 is 0 Å². The molecule has 0 bridgehead atoms. The van der Waals surface area contributed by atoms with Gasteiger partial charge in [0.05, 0.1) is 0 Å². The Bertz CT molecular complexity index is 820. The maximum Gasteiger partial charge on any atom is 0.293 e. The molecule has 22 heavy (non-hydrogen) atoms. The molecule has 1 aromatic carbocycles. The number of hydrogen-bond acceptors (Lipinski definition) is 5. The van der Waals surface area contributed by atoms with Crippen molar-refractivity contribution >= 4 is 33.3 Å². The number of furan rings is 1. The number of aromatic nitrogens is 2. The van der Waals surface area contributed by atoms with Crippen molar-refractivity contribution in [2.75, 3.05) is 5.32 Å². The van der Waals surface area contributed by atoms with Crippen molar-refractivity contribution in [2.24, 2.45) is 5.92 Å². The van der Waals surface area contributed by atoms with Crippen LogP contribution in [0.2, 0.25) is 0 Å². The van der Waals surface area contributed by atoms with Gasteiger partial charge in [-0.25, -0.2) is 0 Å². The minimum Gasteiger partial charge on any atom is -0.451 e. The normalized spacial score (nSPS) is 11.3. The monoisotopic (exact) mass is 315 g/mol. The molecule has 0 radical (unpaired) electrons. The zero-order valence-corrected chi connectivity index (χ0v) is 13.5. The lowest BCUT2D eigenvalue weighted by atomic mass is 10.1. The van der Waals surface area contributed by atoms with Crippen LogP contribution in [0.4, 0.5) is 5.13 Å². The molecule has 1 N–H and O–H groups in total. The van der Waals surface area contributed by atoms with Crippen LogP contribution in [-0.4, -0.2) is 16.1 Å². The average molecular weight is 315 g/mol. The van der Waals surface area contributed by atoms with Gasteiger partial charge in [-0.3, -0.25) is 10.1 Å². The van der Waals surface area contributed by atoms with E-state index in [1.165, 1.54) is 11.3 Å². The number of fused-ring (bicyclic) bond motifs is 1. The van der Waals surface area contributed by atoms with E-state index in [-0.39, 0.29) is 5.91 Å². The number of nitrogens with zero attached hydrogens (tertiary/aromatic N) is 2. The summed E-state index contributed by atoms with van der Waals surface area (Å²) >= 11 is 1.40. The van der Waals surface area contributed by atoms with E-state index in [2.05, 4.69) is 29.4 Å². The third-order valence-electron chi connectivity index (χ3n) is 3.32. The summed E-state index contributed by atoms with van der Waals surface area (Å²) in [6, 6.07) is 7.60. The van der Waals surface area contributed by atoms with Crippen molar-refractivity contribution in [3.8, 4) is 0 Å². The fourth-order valence-electron chi connectivity index (χ4n) is 2.28. The molecule has 114 valence electrons. The smallest absolute Gasteiger partial charge is 0.293 e. The highest BCUT2D eigenvalue weighted by molar-refractivity contribution is 7.15. The third kappa shape index (κ3) is 2.87. The highest BCUT2D eigenvalue weighted by Crippen LogP contribution is 2.26. The lowest BCUT2D eigenvalue weighted by Crippen LogP contribution is -2.11. The van der Waals surface area contributed by atoms with Crippen LogP contribution in [0, 0.1) is 12.8 Å². The Balaban J connectivity index is 1.81. The Labute approximate surface area is 132 Å². The Morgan fingerprint density at radius 1 is 1.32 bits per heavy atom. The Morgan fingerprint density at radius 3 is 2.82 bits per heavy atom. The van der Waals surface area contributed by atoms with E-state index in [9.17, 15) is 4.79 Å². The first-order chi connectivity index (χ1) is 10.5. The van der Waals surface area contributed by atoms with Gasteiger partial charge in [0.2, 0.25) is 5.13 Å². The van der Waals surface area contributed by atoms with E-state index in [0.29, 0.717) is 22.4 Å². The Morgan fingerprint density at radius 2 is 2.09 bits per heavy atom. The SMILES string of the molecule is Cc1c(C(=O)Nc2nnc(CC(C)C)s2)oc2ccccc12. The molecule has 0 aliphatic heterocycles. The average Bonchev–Trinajstić information content (AvgIpc) is 3.04.